The van der Waals surface area contributed by atoms with E-state index in [0.29, 0.717) is 12.0 Å². The molecule has 110 valence electrons. The molecule has 3 rings (SSSR count). The van der Waals surface area contributed by atoms with Gasteiger partial charge in [-0.15, -0.1) is 0 Å². The third-order valence-corrected chi connectivity index (χ3v) is 3.21. The minimum atomic E-state index is -0.0286. The number of aromatic nitrogens is 2. The van der Waals surface area contributed by atoms with Crippen LogP contribution in [0.4, 0.5) is 11.8 Å². The van der Waals surface area contributed by atoms with Crippen LogP contribution in [0.1, 0.15) is 33.6 Å². The van der Waals surface area contributed by atoms with Crippen molar-refractivity contribution < 1.29 is 0 Å². The molecule has 0 radical (unpaired) electrons. The normalized spacial score (nSPS) is 14.8. The topological polar surface area (TPSA) is 49.8 Å². The molecule has 2 N–H and O–H groups in total. The van der Waals surface area contributed by atoms with Gasteiger partial charge in [0, 0.05) is 23.2 Å². The van der Waals surface area contributed by atoms with Crippen molar-refractivity contribution in [2.75, 3.05) is 10.6 Å². The molecule has 0 spiro atoms. The van der Waals surface area contributed by atoms with Gasteiger partial charge in [-0.3, -0.25) is 0 Å². The van der Waals surface area contributed by atoms with Crippen molar-refractivity contribution in [2.45, 2.75) is 45.2 Å². The summed E-state index contributed by atoms with van der Waals surface area (Å²) >= 11 is 0. The van der Waals surface area contributed by atoms with Crippen LogP contribution in [-0.4, -0.2) is 21.5 Å². The molecular formula is C17H22N4. The van der Waals surface area contributed by atoms with E-state index in [1.807, 2.05) is 24.3 Å². The Labute approximate surface area is 126 Å². The molecule has 1 fully saturated rings. The number of hydrogen-bond acceptors (Lipinski definition) is 4. The smallest absolute Gasteiger partial charge is 0.225 e. The molecule has 0 saturated heterocycles. The Hall–Kier alpha value is -2.10. The zero-order chi connectivity index (χ0) is 14.9. The molecule has 1 aliphatic rings. The van der Waals surface area contributed by atoms with Crippen molar-refractivity contribution in [2.24, 2.45) is 0 Å². The number of rotatable bonds is 4. The molecule has 4 heteroatoms. The first-order chi connectivity index (χ1) is 9.99. The highest BCUT2D eigenvalue weighted by molar-refractivity contribution is 5.64. The van der Waals surface area contributed by atoms with Crippen LogP contribution in [0.5, 0.6) is 0 Å². The maximum absolute atomic E-state index is 4.65. The molecule has 4 nitrogen and oxygen atoms in total. The van der Waals surface area contributed by atoms with E-state index < -0.39 is 0 Å². The quantitative estimate of drug-likeness (QED) is 0.892. The largest absolute Gasteiger partial charge is 0.365 e. The van der Waals surface area contributed by atoms with Gasteiger partial charge in [0.2, 0.25) is 5.95 Å². The number of nitrogens with zero attached hydrogens (tertiary/aromatic N) is 2. The van der Waals surface area contributed by atoms with Gasteiger partial charge in [0.1, 0.15) is 5.82 Å². The van der Waals surface area contributed by atoms with Crippen LogP contribution in [0, 0.1) is 0 Å². The van der Waals surface area contributed by atoms with E-state index in [4.69, 9.17) is 0 Å². The predicted octanol–water partition coefficient (Wildman–Crippen LogP) is 3.93. The average Bonchev–Trinajstić information content (AvgIpc) is 3.21. The lowest BCUT2D eigenvalue weighted by Gasteiger charge is -2.22. The van der Waals surface area contributed by atoms with Gasteiger partial charge in [0.15, 0.2) is 0 Å². The first-order valence-electron chi connectivity index (χ1n) is 7.49. The summed E-state index contributed by atoms with van der Waals surface area (Å²) in [5, 5.41) is 6.82. The lowest BCUT2D eigenvalue weighted by Crippen LogP contribution is -2.27. The molecular weight excluding hydrogens is 260 g/mol. The first-order valence-corrected chi connectivity index (χ1v) is 7.49. The lowest BCUT2D eigenvalue weighted by molar-refractivity contribution is 0.630. The molecule has 1 aliphatic carbocycles. The number of anilines is 2. The standard InChI is InChI=1S/C17H22N4/c1-17(2,3)21-15-11-14(12-7-5-4-6-8-12)19-16(20-15)18-13-9-10-13/h4-8,11,13H,9-10H2,1-3H3,(H2,18,19,20,21). The van der Waals surface area contributed by atoms with Crippen LogP contribution in [-0.2, 0) is 0 Å². The number of benzene rings is 1. The third-order valence-electron chi connectivity index (χ3n) is 3.21. The number of nitrogens with one attached hydrogen (secondary N) is 2. The highest BCUT2D eigenvalue weighted by Gasteiger charge is 2.23. The minimum absolute atomic E-state index is 0.0286. The summed E-state index contributed by atoms with van der Waals surface area (Å²) in [7, 11) is 0. The van der Waals surface area contributed by atoms with Gasteiger partial charge in [-0.05, 0) is 33.6 Å². The van der Waals surface area contributed by atoms with Crippen molar-refractivity contribution in [3.8, 4) is 11.3 Å². The zero-order valence-corrected chi connectivity index (χ0v) is 12.9. The van der Waals surface area contributed by atoms with Gasteiger partial charge >= 0.3 is 0 Å². The average molecular weight is 282 g/mol. The molecule has 1 saturated carbocycles. The van der Waals surface area contributed by atoms with Crippen LogP contribution in [0.25, 0.3) is 11.3 Å². The highest BCUT2D eigenvalue weighted by atomic mass is 15.2. The minimum Gasteiger partial charge on any atom is -0.365 e. The molecule has 21 heavy (non-hydrogen) atoms. The second-order valence-electron chi connectivity index (χ2n) is 6.62. The van der Waals surface area contributed by atoms with E-state index in [-0.39, 0.29) is 5.54 Å². The number of hydrogen-bond donors (Lipinski definition) is 2. The SMILES string of the molecule is CC(C)(C)Nc1cc(-c2ccccc2)nc(NC2CC2)n1. The molecule has 0 bridgehead atoms. The van der Waals surface area contributed by atoms with Crippen LogP contribution in [0.15, 0.2) is 36.4 Å². The highest BCUT2D eigenvalue weighted by Crippen LogP contribution is 2.27. The Bertz CT molecular complexity index is 612. The summed E-state index contributed by atoms with van der Waals surface area (Å²) in [6.07, 6.45) is 2.42. The van der Waals surface area contributed by atoms with Gasteiger partial charge in [0.25, 0.3) is 0 Å². The summed E-state index contributed by atoms with van der Waals surface area (Å²) in [6.45, 7) is 6.39. The molecule has 1 aromatic heterocycles. The third kappa shape index (κ3) is 3.94. The fraction of sp³-hybridized carbons (Fsp3) is 0.412. The molecule has 0 atom stereocenters. The Morgan fingerprint density at radius 1 is 1.05 bits per heavy atom. The van der Waals surface area contributed by atoms with Crippen LogP contribution in [0.2, 0.25) is 0 Å². The fourth-order valence-electron chi connectivity index (χ4n) is 2.13. The monoisotopic (exact) mass is 282 g/mol. The maximum atomic E-state index is 4.65. The van der Waals surface area contributed by atoms with E-state index in [1.54, 1.807) is 0 Å². The zero-order valence-electron chi connectivity index (χ0n) is 12.9. The summed E-state index contributed by atoms with van der Waals surface area (Å²) in [5.41, 5.74) is 2.02. The van der Waals surface area contributed by atoms with Gasteiger partial charge in [0.05, 0.1) is 5.69 Å². The molecule has 2 aromatic rings. The van der Waals surface area contributed by atoms with Crippen molar-refractivity contribution >= 4 is 11.8 Å². The Kier molecular flexibility index (Phi) is 3.53. The Morgan fingerprint density at radius 2 is 1.76 bits per heavy atom. The van der Waals surface area contributed by atoms with Gasteiger partial charge in [-0.1, -0.05) is 30.3 Å². The second kappa shape index (κ2) is 5.35. The van der Waals surface area contributed by atoms with Gasteiger partial charge in [-0.25, -0.2) is 4.98 Å². The van der Waals surface area contributed by atoms with Crippen LogP contribution < -0.4 is 10.6 Å². The van der Waals surface area contributed by atoms with E-state index in [1.165, 1.54) is 12.8 Å². The lowest BCUT2D eigenvalue weighted by atomic mass is 10.1. The predicted molar refractivity (Wildman–Crippen MR) is 87.5 cm³/mol. The summed E-state index contributed by atoms with van der Waals surface area (Å²) in [5.74, 6) is 1.57. The van der Waals surface area contributed by atoms with E-state index in [9.17, 15) is 0 Å². The second-order valence-corrected chi connectivity index (χ2v) is 6.62. The van der Waals surface area contributed by atoms with Crippen molar-refractivity contribution in [1.82, 2.24) is 9.97 Å². The Morgan fingerprint density at radius 3 is 2.38 bits per heavy atom. The van der Waals surface area contributed by atoms with E-state index in [2.05, 4.69) is 53.5 Å². The van der Waals surface area contributed by atoms with Crippen molar-refractivity contribution in [3.05, 3.63) is 36.4 Å². The summed E-state index contributed by atoms with van der Waals surface area (Å²) < 4.78 is 0. The first kappa shape index (κ1) is 13.9. The summed E-state index contributed by atoms with van der Waals surface area (Å²) in [4.78, 5) is 9.24. The maximum Gasteiger partial charge on any atom is 0.225 e. The molecule has 1 aromatic carbocycles. The van der Waals surface area contributed by atoms with Gasteiger partial charge in [-0.2, -0.15) is 4.98 Å². The molecule has 0 unspecified atom stereocenters. The summed E-state index contributed by atoms with van der Waals surface area (Å²) in [6, 6.07) is 12.8. The molecule has 0 amide bonds. The molecule has 0 aliphatic heterocycles. The van der Waals surface area contributed by atoms with Gasteiger partial charge < -0.3 is 10.6 Å². The Balaban J connectivity index is 1.95. The van der Waals surface area contributed by atoms with Crippen LogP contribution in [0.3, 0.4) is 0 Å². The van der Waals surface area contributed by atoms with E-state index in [0.717, 1.165) is 17.1 Å². The van der Waals surface area contributed by atoms with E-state index >= 15 is 0 Å². The fourth-order valence-corrected chi connectivity index (χ4v) is 2.13. The van der Waals surface area contributed by atoms with Crippen molar-refractivity contribution in [1.29, 1.82) is 0 Å². The molecule has 1 heterocycles. The van der Waals surface area contributed by atoms with Crippen LogP contribution >= 0.6 is 0 Å². The van der Waals surface area contributed by atoms with Crippen molar-refractivity contribution in [3.63, 3.8) is 0 Å².